The molecular formula is C13H24O12. The Morgan fingerprint density at radius 2 is 1.08 bits per heavy atom. The SMILES string of the molecule is O=C(CC(C(=O)O)C(O)C(O)C(O)CO)C(O)C(O)C(O)C(O)CO. The van der Waals surface area contributed by atoms with E-state index in [-0.39, 0.29) is 0 Å². The molecule has 0 heterocycles. The van der Waals surface area contributed by atoms with Gasteiger partial charge >= 0.3 is 5.97 Å². The molecule has 0 aliphatic rings. The van der Waals surface area contributed by atoms with E-state index < -0.39 is 80.0 Å². The van der Waals surface area contributed by atoms with Crippen molar-refractivity contribution in [3.8, 4) is 0 Å². The van der Waals surface area contributed by atoms with E-state index >= 15 is 0 Å². The molecular weight excluding hydrogens is 348 g/mol. The number of aliphatic carboxylic acids is 1. The molecule has 0 rings (SSSR count). The van der Waals surface area contributed by atoms with Crippen LogP contribution < -0.4 is 0 Å². The number of hydrogen-bond donors (Lipinski definition) is 10. The van der Waals surface area contributed by atoms with Gasteiger partial charge in [-0.05, 0) is 0 Å². The molecule has 0 aliphatic heterocycles. The van der Waals surface area contributed by atoms with Crippen molar-refractivity contribution >= 4 is 11.8 Å². The van der Waals surface area contributed by atoms with Crippen LogP contribution in [0, 0.1) is 5.92 Å². The highest BCUT2D eigenvalue weighted by Gasteiger charge is 2.40. The summed E-state index contributed by atoms with van der Waals surface area (Å²) in [4.78, 5) is 23.0. The van der Waals surface area contributed by atoms with Gasteiger partial charge in [0.2, 0.25) is 0 Å². The summed E-state index contributed by atoms with van der Waals surface area (Å²) in [5, 5.41) is 92.5. The molecule has 0 amide bonds. The zero-order valence-corrected chi connectivity index (χ0v) is 13.0. The van der Waals surface area contributed by atoms with Crippen LogP contribution >= 0.6 is 0 Å². The molecule has 8 unspecified atom stereocenters. The zero-order valence-electron chi connectivity index (χ0n) is 13.0. The summed E-state index contributed by atoms with van der Waals surface area (Å²) in [5.74, 6) is -5.14. The minimum Gasteiger partial charge on any atom is -0.481 e. The molecule has 0 aromatic heterocycles. The molecule has 0 bridgehead atoms. The highest BCUT2D eigenvalue weighted by molar-refractivity contribution is 5.87. The second-order valence-electron chi connectivity index (χ2n) is 5.52. The molecule has 0 radical (unpaired) electrons. The molecule has 8 atom stereocenters. The Morgan fingerprint density at radius 3 is 1.44 bits per heavy atom. The second-order valence-corrected chi connectivity index (χ2v) is 5.52. The number of carbonyl (C=O) groups excluding carboxylic acids is 1. The molecule has 12 heteroatoms. The first kappa shape index (κ1) is 23.8. The standard InChI is InChI=1S/C13H24O12/c14-2-6(17)10(21)8(19)4(13(24)25)1-5(16)9(20)12(23)11(22)7(18)3-15/h4,6-12,14-15,17-23H,1-3H2,(H,24,25). The number of hydrogen-bond acceptors (Lipinski definition) is 11. The third-order valence-electron chi connectivity index (χ3n) is 3.67. The van der Waals surface area contributed by atoms with Gasteiger partial charge in [0.15, 0.2) is 5.78 Å². The summed E-state index contributed by atoms with van der Waals surface area (Å²) in [6.07, 6.45) is -15.9. The summed E-state index contributed by atoms with van der Waals surface area (Å²) >= 11 is 0. The lowest BCUT2D eigenvalue weighted by molar-refractivity contribution is -0.161. The van der Waals surface area contributed by atoms with Crippen LogP contribution in [0.15, 0.2) is 0 Å². The number of ketones is 1. The van der Waals surface area contributed by atoms with Crippen LogP contribution in [0.2, 0.25) is 0 Å². The quantitative estimate of drug-likeness (QED) is 0.154. The number of carboxylic acids is 1. The maximum atomic E-state index is 11.8. The van der Waals surface area contributed by atoms with Crippen LogP contribution in [-0.2, 0) is 9.59 Å². The molecule has 0 saturated carbocycles. The zero-order chi connectivity index (χ0) is 19.9. The lowest BCUT2D eigenvalue weighted by atomic mass is 9.87. The Labute approximate surface area is 141 Å². The monoisotopic (exact) mass is 372 g/mol. The highest BCUT2D eigenvalue weighted by Crippen LogP contribution is 2.18. The number of carboxylic acid groups (broad SMARTS) is 1. The highest BCUT2D eigenvalue weighted by atomic mass is 16.4. The van der Waals surface area contributed by atoms with Gasteiger partial charge in [-0.1, -0.05) is 0 Å². The average molecular weight is 372 g/mol. The lowest BCUT2D eigenvalue weighted by Crippen LogP contribution is -2.50. The molecule has 0 aromatic carbocycles. The second kappa shape index (κ2) is 10.7. The van der Waals surface area contributed by atoms with E-state index in [0.717, 1.165) is 0 Å². The fourth-order valence-corrected chi connectivity index (χ4v) is 1.98. The van der Waals surface area contributed by atoms with E-state index in [1.165, 1.54) is 0 Å². The average Bonchev–Trinajstić information content (AvgIpc) is 2.60. The number of Topliss-reactive ketones (excluding diaryl/α,β-unsaturated/α-hetero) is 1. The first-order chi connectivity index (χ1) is 11.5. The van der Waals surface area contributed by atoms with Crippen molar-refractivity contribution in [2.24, 2.45) is 5.92 Å². The third-order valence-corrected chi connectivity index (χ3v) is 3.67. The lowest BCUT2D eigenvalue weighted by Gasteiger charge is -2.28. The molecule has 0 saturated heterocycles. The molecule has 148 valence electrons. The smallest absolute Gasteiger partial charge is 0.309 e. The van der Waals surface area contributed by atoms with E-state index in [1.807, 2.05) is 0 Å². The molecule has 0 aromatic rings. The van der Waals surface area contributed by atoms with Gasteiger partial charge < -0.3 is 51.1 Å². The summed E-state index contributed by atoms with van der Waals surface area (Å²) < 4.78 is 0. The molecule has 0 fully saturated rings. The number of aliphatic hydroxyl groups excluding tert-OH is 9. The molecule has 0 aliphatic carbocycles. The van der Waals surface area contributed by atoms with Gasteiger partial charge in [-0.3, -0.25) is 9.59 Å². The van der Waals surface area contributed by atoms with Crippen molar-refractivity contribution in [3.63, 3.8) is 0 Å². The van der Waals surface area contributed by atoms with Crippen LogP contribution in [0.5, 0.6) is 0 Å². The van der Waals surface area contributed by atoms with Gasteiger partial charge in [0.1, 0.15) is 36.6 Å². The van der Waals surface area contributed by atoms with E-state index in [1.54, 1.807) is 0 Å². The molecule has 0 spiro atoms. The Morgan fingerprint density at radius 1 is 0.680 bits per heavy atom. The normalized spacial score (nSPS) is 21.5. The molecule has 10 N–H and O–H groups in total. The van der Waals surface area contributed by atoms with Gasteiger partial charge in [0.05, 0.1) is 25.2 Å². The van der Waals surface area contributed by atoms with Crippen molar-refractivity contribution in [1.29, 1.82) is 0 Å². The van der Waals surface area contributed by atoms with Gasteiger partial charge in [-0.2, -0.15) is 0 Å². The van der Waals surface area contributed by atoms with Gasteiger partial charge in [-0.25, -0.2) is 0 Å². The van der Waals surface area contributed by atoms with Crippen molar-refractivity contribution < 1.29 is 60.7 Å². The number of carbonyl (C=O) groups is 2. The topological polar surface area (TPSA) is 236 Å². The summed E-state index contributed by atoms with van der Waals surface area (Å²) in [7, 11) is 0. The first-order valence-corrected chi connectivity index (χ1v) is 7.23. The maximum Gasteiger partial charge on any atom is 0.309 e. The van der Waals surface area contributed by atoms with Gasteiger partial charge in [-0.15, -0.1) is 0 Å². The number of rotatable bonds is 12. The molecule has 12 nitrogen and oxygen atoms in total. The first-order valence-electron chi connectivity index (χ1n) is 7.23. The van der Waals surface area contributed by atoms with Crippen LogP contribution in [0.3, 0.4) is 0 Å². The van der Waals surface area contributed by atoms with Crippen molar-refractivity contribution in [1.82, 2.24) is 0 Å². The number of aliphatic hydroxyl groups is 9. The predicted molar refractivity (Wildman–Crippen MR) is 77.0 cm³/mol. The summed E-state index contributed by atoms with van der Waals surface area (Å²) in [6, 6.07) is 0. The van der Waals surface area contributed by atoms with Crippen molar-refractivity contribution in [2.45, 2.75) is 49.1 Å². The largest absolute Gasteiger partial charge is 0.481 e. The Hall–Kier alpha value is -1.22. The minimum atomic E-state index is -2.36. The van der Waals surface area contributed by atoms with Crippen molar-refractivity contribution in [3.05, 3.63) is 0 Å². The van der Waals surface area contributed by atoms with Crippen LogP contribution in [0.4, 0.5) is 0 Å². The summed E-state index contributed by atoms with van der Waals surface area (Å²) in [5.41, 5.74) is 0. The van der Waals surface area contributed by atoms with Crippen LogP contribution in [0.25, 0.3) is 0 Å². The van der Waals surface area contributed by atoms with Crippen LogP contribution in [-0.4, -0.2) is 119 Å². The Bertz CT molecular complexity index is 429. The third kappa shape index (κ3) is 6.54. The fraction of sp³-hybridized carbons (Fsp3) is 0.846. The van der Waals surface area contributed by atoms with E-state index in [9.17, 15) is 40.2 Å². The fourth-order valence-electron chi connectivity index (χ4n) is 1.98. The van der Waals surface area contributed by atoms with E-state index in [4.69, 9.17) is 20.4 Å². The van der Waals surface area contributed by atoms with Gasteiger partial charge in [0.25, 0.3) is 0 Å². The predicted octanol–water partition coefficient (Wildman–Crippen LogP) is -5.84. The Kier molecular flexibility index (Phi) is 10.2. The van der Waals surface area contributed by atoms with E-state index in [2.05, 4.69) is 0 Å². The maximum absolute atomic E-state index is 11.8. The summed E-state index contributed by atoms with van der Waals surface area (Å²) in [6.45, 7) is -1.98. The molecule has 25 heavy (non-hydrogen) atoms. The van der Waals surface area contributed by atoms with Gasteiger partial charge in [0, 0.05) is 6.42 Å². The Balaban J connectivity index is 5.08. The van der Waals surface area contributed by atoms with Crippen LogP contribution in [0.1, 0.15) is 6.42 Å². The van der Waals surface area contributed by atoms with Crippen molar-refractivity contribution in [2.75, 3.05) is 13.2 Å². The van der Waals surface area contributed by atoms with E-state index in [0.29, 0.717) is 0 Å². The minimum absolute atomic E-state index is 0.985.